The second-order valence-corrected chi connectivity index (χ2v) is 6.95. The highest BCUT2D eigenvalue weighted by Gasteiger charge is 2.26. The smallest absolute Gasteiger partial charge is 0.214 e. The molecule has 6 heteroatoms. The molecule has 0 bridgehead atoms. The number of hydrogen-bond donors (Lipinski definition) is 0. The Morgan fingerprint density at radius 3 is 2.25 bits per heavy atom. The van der Waals surface area contributed by atoms with Crippen LogP contribution in [-0.4, -0.2) is 44.7 Å². The third-order valence-corrected chi connectivity index (χ3v) is 5.53. The molecule has 1 heterocycles. The Morgan fingerprint density at radius 2 is 1.75 bits per heavy atom. The predicted molar refractivity (Wildman–Crippen MR) is 79.0 cm³/mol. The van der Waals surface area contributed by atoms with Crippen molar-refractivity contribution in [1.82, 2.24) is 4.31 Å². The van der Waals surface area contributed by atoms with E-state index in [0.717, 1.165) is 5.69 Å². The highest BCUT2D eigenvalue weighted by atomic mass is 32.2. The van der Waals surface area contributed by atoms with Crippen LogP contribution in [0.1, 0.15) is 18.9 Å². The molecule has 0 atom stereocenters. The first-order valence-corrected chi connectivity index (χ1v) is 8.40. The molecule has 1 aromatic rings. The van der Waals surface area contributed by atoms with Crippen molar-refractivity contribution in [3.05, 3.63) is 29.8 Å². The molecule has 2 rings (SSSR count). The minimum absolute atomic E-state index is 0.226. The van der Waals surface area contributed by atoms with Gasteiger partial charge < -0.3 is 4.90 Å². The quantitative estimate of drug-likeness (QED) is 0.842. The first-order valence-electron chi connectivity index (χ1n) is 6.80. The van der Waals surface area contributed by atoms with Crippen LogP contribution < -0.4 is 4.90 Å². The third kappa shape index (κ3) is 3.30. The van der Waals surface area contributed by atoms with Gasteiger partial charge in [0.15, 0.2) is 0 Å². The largest absolute Gasteiger partial charge is 0.369 e. The number of hydrogen-bond acceptors (Lipinski definition) is 4. The van der Waals surface area contributed by atoms with E-state index >= 15 is 0 Å². The predicted octanol–water partition coefficient (Wildman–Crippen LogP) is 1.42. The molecule has 0 radical (unpaired) electrons. The van der Waals surface area contributed by atoms with Crippen molar-refractivity contribution in [2.24, 2.45) is 0 Å². The Labute approximate surface area is 120 Å². The van der Waals surface area contributed by atoms with Gasteiger partial charge in [0.1, 0.15) is 0 Å². The third-order valence-electron chi connectivity index (χ3n) is 3.46. The average Bonchev–Trinajstić information content (AvgIpc) is 2.47. The van der Waals surface area contributed by atoms with E-state index in [0.29, 0.717) is 38.2 Å². The second-order valence-electron chi connectivity index (χ2n) is 4.86. The zero-order chi connectivity index (χ0) is 14.6. The Hall–Kier alpha value is -1.58. The standard InChI is InChI=1S/C14H19N3O2S/c1-2-11-20(18,19)17-9-7-16(8-10-17)14-5-3-13(12-15)4-6-14/h3-6H,2,7-11H2,1H3. The summed E-state index contributed by atoms with van der Waals surface area (Å²) in [6.07, 6.45) is 0.651. The Kier molecular flexibility index (Phi) is 4.63. The monoisotopic (exact) mass is 293 g/mol. The summed E-state index contributed by atoms with van der Waals surface area (Å²) < 4.78 is 25.5. The molecule has 1 aromatic carbocycles. The van der Waals surface area contributed by atoms with Crippen LogP contribution in [-0.2, 0) is 10.0 Å². The van der Waals surface area contributed by atoms with Crippen LogP contribution in [0.2, 0.25) is 0 Å². The summed E-state index contributed by atoms with van der Waals surface area (Å²) in [5.41, 5.74) is 1.68. The van der Waals surface area contributed by atoms with E-state index in [1.807, 2.05) is 19.1 Å². The molecule has 1 aliphatic rings. The SMILES string of the molecule is CCCS(=O)(=O)N1CCN(c2ccc(C#N)cc2)CC1. The van der Waals surface area contributed by atoms with Gasteiger partial charge >= 0.3 is 0 Å². The van der Waals surface area contributed by atoms with Gasteiger partial charge in [-0.25, -0.2) is 8.42 Å². The molecule has 108 valence electrons. The summed E-state index contributed by atoms with van der Waals surface area (Å²) in [5, 5.41) is 8.78. The molecule has 5 nitrogen and oxygen atoms in total. The molecular weight excluding hydrogens is 274 g/mol. The molecular formula is C14H19N3O2S. The summed E-state index contributed by atoms with van der Waals surface area (Å²) in [6.45, 7) is 4.32. The second kappa shape index (κ2) is 6.25. The normalized spacial score (nSPS) is 16.9. The minimum atomic E-state index is -3.09. The van der Waals surface area contributed by atoms with Crippen molar-refractivity contribution >= 4 is 15.7 Å². The van der Waals surface area contributed by atoms with E-state index in [2.05, 4.69) is 11.0 Å². The van der Waals surface area contributed by atoms with Gasteiger partial charge in [-0.2, -0.15) is 9.57 Å². The van der Waals surface area contributed by atoms with Crippen molar-refractivity contribution in [1.29, 1.82) is 5.26 Å². The van der Waals surface area contributed by atoms with Crippen LogP contribution in [0.4, 0.5) is 5.69 Å². The Bertz CT molecular complexity index is 582. The summed E-state index contributed by atoms with van der Waals surface area (Å²) in [6, 6.07) is 9.49. The fourth-order valence-electron chi connectivity index (χ4n) is 2.36. The van der Waals surface area contributed by atoms with E-state index in [-0.39, 0.29) is 5.75 Å². The van der Waals surface area contributed by atoms with Gasteiger partial charge in [0.25, 0.3) is 0 Å². The number of benzene rings is 1. The fraction of sp³-hybridized carbons (Fsp3) is 0.500. The van der Waals surface area contributed by atoms with E-state index < -0.39 is 10.0 Å². The molecule has 0 spiro atoms. The Morgan fingerprint density at radius 1 is 1.15 bits per heavy atom. The van der Waals surface area contributed by atoms with Crippen LogP contribution in [0.15, 0.2) is 24.3 Å². The topological polar surface area (TPSA) is 64.4 Å². The van der Waals surface area contributed by atoms with Gasteiger partial charge in [-0.05, 0) is 30.7 Å². The van der Waals surface area contributed by atoms with Gasteiger partial charge in [0.05, 0.1) is 17.4 Å². The zero-order valence-electron chi connectivity index (χ0n) is 11.6. The van der Waals surface area contributed by atoms with E-state index in [1.54, 1.807) is 16.4 Å². The molecule has 1 saturated heterocycles. The van der Waals surface area contributed by atoms with Gasteiger partial charge in [0, 0.05) is 31.9 Å². The number of nitrogens with zero attached hydrogens (tertiary/aromatic N) is 3. The molecule has 0 unspecified atom stereocenters. The fourth-order valence-corrected chi connectivity index (χ4v) is 3.85. The maximum Gasteiger partial charge on any atom is 0.214 e. The van der Waals surface area contributed by atoms with E-state index in [9.17, 15) is 8.42 Å². The van der Waals surface area contributed by atoms with Crippen LogP contribution in [0.5, 0.6) is 0 Å². The summed E-state index contributed by atoms with van der Waals surface area (Å²) in [7, 11) is -3.09. The maximum atomic E-state index is 12.0. The van der Waals surface area contributed by atoms with E-state index in [4.69, 9.17) is 5.26 Å². The summed E-state index contributed by atoms with van der Waals surface area (Å²) in [4.78, 5) is 2.15. The van der Waals surface area contributed by atoms with Crippen molar-refractivity contribution < 1.29 is 8.42 Å². The van der Waals surface area contributed by atoms with Crippen LogP contribution in [0, 0.1) is 11.3 Å². The molecule has 0 amide bonds. The van der Waals surface area contributed by atoms with Crippen LogP contribution in [0.3, 0.4) is 0 Å². The van der Waals surface area contributed by atoms with Crippen molar-refractivity contribution in [2.45, 2.75) is 13.3 Å². The number of piperazine rings is 1. The van der Waals surface area contributed by atoms with Gasteiger partial charge in [-0.1, -0.05) is 6.92 Å². The lowest BCUT2D eigenvalue weighted by Crippen LogP contribution is -2.49. The number of rotatable bonds is 4. The van der Waals surface area contributed by atoms with Crippen molar-refractivity contribution in [2.75, 3.05) is 36.8 Å². The number of nitriles is 1. The lowest BCUT2D eigenvalue weighted by molar-refractivity contribution is 0.384. The lowest BCUT2D eigenvalue weighted by Gasteiger charge is -2.35. The minimum Gasteiger partial charge on any atom is -0.369 e. The zero-order valence-corrected chi connectivity index (χ0v) is 12.4. The first kappa shape index (κ1) is 14.8. The van der Waals surface area contributed by atoms with Gasteiger partial charge in [-0.3, -0.25) is 0 Å². The summed E-state index contributed by atoms with van der Waals surface area (Å²) >= 11 is 0. The summed E-state index contributed by atoms with van der Waals surface area (Å²) in [5.74, 6) is 0.226. The molecule has 1 fully saturated rings. The molecule has 0 aliphatic carbocycles. The molecule has 0 saturated carbocycles. The van der Waals surface area contributed by atoms with Crippen molar-refractivity contribution in [3.8, 4) is 6.07 Å². The van der Waals surface area contributed by atoms with Gasteiger partial charge in [0.2, 0.25) is 10.0 Å². The van der Waals surface area contributed by atoms with Crippen molar-refractivity contribution in [3.63, 3.8) is 0 Å². The van der Waals surface area contributed by atoms with Crippen LogP contribution in [0.25, 0.3) is 0 Å². The molecule has 0 N–H and O–H groups in total. The van der Waals surface area contributed by atoms with Crippen LogP contribution >= 0.6 is 0 Å². The lowest BCUT2D eigenvalue weighted by atomic mass is 10.2. The maximum absolute atomic E-state index is 12.0. The number of anilines is 1. The number of sulfonamides is 1. The highest BCUT2D eigenvalue weighted by Crippen LogP contribution is 2.18. The van der Waals surface area contributed by atoms with E-state index in [1.165, 1.54) is 0 Å². The first-order chi connectivity index (χ1) is 9.56. The van der Waals surface area contributed by atoms with Gasteiger partial charge in [-0.15, -0.1) is 0 Å². The Balaban J connectivity index is 1.99. The highest BCUT2D eigenvalue weighted by molar-refractivity contribution is 7.89. The molecule has 0 aromatic heterocycles. The molecule has 1 aliphatic heterocycles. The molecule has 20 heavy (non-hydrogen) atoms. The average molecular weight is 293 g/mol.